The first-order valence-electron chi connectivity index (χ1n) is 4.82. The van der Waals surface area contributed by atoms with E-state index in [0.717, 1.165) is 13.0 Å². The van der Waals surface area contributed by atoms with Gasteiger partial charge in [-0.3, -0.25) is 4.79 Å². The Bertz CT molecular complexity index is 322. The van der Waals surface area contributed by atoms with Crippen LogP contribution in [0.2, 0.25) is 0 Å². The Morgan fingerprint density at radius 2 is 2.20 bits per heavy atom. The standard InChI is InChI=1S/C9H16N4O2/c1-7-11-12-9(15-7)8(14)10-5-4-6-13(2)3/h4-6H2,1-3H3,(H,10,14). The molecule has 0 aliphatic heterocycles. The van der Waals surface area contributed by atoms with Gasteiger partial charge in [0.2, 0.25) is 5.89 Å². The first kappa shape index (κ1) is 11.6. The molecule has 0 fully saturated rings. The van der Waals surface area contributed by atoms with Crippen molar-refractivity contribution in [1.29, 1.82) is 0 Å². The average Bonchev–Trinajstić information content (AvgIpc) is 2.59. The summed E-state index contributed by atoms with van der Waals surface area (Å²) in [4.78, 5) is 13.4. The molecule has 1 aromatic rings. The van der Waals surface area contributed by atoms with Gasteiger partial charge in [0, 0.05) is 13.5 Å². The molecule has 0 aliphatic rings. The largest absolute Gasteiger partial charge is 0.417 e. The summed E-state index contributed by atoms with van der Waals surface area (Å²) in [5.74, 6) is 0.111. The Morgan fingerprint density at radius 1 is 1.47 bits per heavy atom. The molecule has 0 atom stereocenters. The van der Waals surface area contributed by atoms with E-state index in [1.807, 2.05) is 14.1 Å². The van der Waals surface area contributed by atoms with Crippen LogP contribution in [0.25, 0.3) is 0 Å². The lowest BCUT2D eigenvalue weighted by Crippen LogP contribution is -2.27. The number of nitrogens with zero attached hydrogens (tertiary/aromatic N) is 3. The van der Waals surface area contributed by atoms with Crippen molar-refractivity contribution >= 4 is 5.91 Å². The molecule has 1 heterocycles. The van der Waals surface area contributed by atoms with Crippen LogP contribution in [0.15, 0.2) is 4.42 Å². The van der Waals surface area contributed by atoms with Crippen molar-refractivity contribution in [3.63, 3.8) is 0 Å². The molecule has 15 heavy (non-hydrogen) atoms. The van der Waals surface area contributed by atoms with Gasteiger partial charge in [0.05, 0.1) is 0 Å². The highest BCUT2D eigenvalue weighted by molar-refractivity contribution is 5.89. The maximum Gasteiger partial charge on any atom is 0.308 e. The zero-order valence-electron chi connectivity index (χ0n) is 9.28. The smallest absolute Gasteiger partial charge is 0.308 e. The summed E-state index contributed by atoms with van der Waals surface area (Å²) in [6.07, 6.45) is 0.895. The van der Waals surface area contributed by atoms with Crippen molar-refractivity contribution in [2.45, 2.75) is 13.3 Å². The normalized spacial score (nSPS) is 10.7. The quantitative estimate of drug-likeness (QED) is 0.699. The van der Waals surface area contributed by atoms with Crippen LogP contribution >= 0.6 is 0 Å². The lowest BCUT2D eigenvalue weighted by atomic mass is 10.4. The Hall–Kier alpha value is -1.43. The number of aryl methyl sites for hydroxylation is 1. The topological polar surface area (TPSA) is 71.3 Å². The summed E-state index contributed by atoms with van der Waals surface area (Å²) in [6.45, 7) is 3.19. The van der Waals surface area contributed by atoms with Crippen molar-refractivity contribution in [2.24, 2.45) is 0 Å². The summed E-state index contributed by atoms with van der Waals surface area (Å²) in [5.41, 5.74) is 0. The maximum absolute atomic E-state index is 11.4. The van der Waals surface area contributed by atoms with Gasteiger partial charge < -0.3 is 14.6 Å². The molecule has 1 rings (SSSR count). The molecule has 0 unspecified atom stereocenters. The molecule has 6 nitrogen and oxygen atoms in total. The number of carbonyl (C=O) groups excluding carboxylic acids is 1. The molecule has 0 aromatic carbocycles. The highest BCUT2D eigenvalue weighted by Crippen LogP contribution is 1.96. The first-order valence-corrected chi connectivity index (χ1v) is 4.82. The van der Waals surface area contributed by atoms with Gasteiger partial charge in [-0.25, -0.2) is 0 Å². The number of carbonyl (C=O) groups is 1. The molecule has 1 N–H and O–H groups in total. The number of aromatic nitrogens is 2. The zero-order chi connectivity index (χ0) is 11.3. The van der Waals surface area contributed by atoms with Crippen molar-refractivity contribution < 1.29 is 9.21 Å². The molecular formula is C9H16N4O2. The zero-order valence-corrected chi connectivity index (χ0v) is 9.28. The van der Waals surface area contributed by atoms with E-state index in [-0.39, 0.29) is 11.8 Å². The summed E-state index contributed by atoms with van der Waals surface area (Å²) in [5, 5.41) is 9.90. The van der Waals surface area contributed by atoms with Crippen LogP contribution < -0.4 is 5.32 Å². The van der Waals surface area contributed by atoms with E-state index in [4.69, 9.17) is 4.42 Å². The third-order valence-electron chi connectivity index (χ3n) is 1.79. The van der Waals surface area contributed by atoms with Crippen LogP contribution in [0.5, 0.6) is 0 Å². The summed E-state index contributed by atoms with van der Waals surface area (Å²) in [7, 11) is 3.98. The van der Waals surface area contributed by atoms with Crippen LogP contribution in [0.3, 0.4) is 0 Å². The molecule has 1 amide bonds. The lowest BCUT2D eigenvalue weighted by molar-refractivity contribution is 0.0916. The van der Waals surface area contributed by atoms with Gasteiger partial charge in [0.1, 0.15) is 0 Å². The second-order valence-electron chi connectivity index (χ2n) is 3.54. The minimum Gasteiger partial charge on any atom is -0.417 e. The second kappa shape index (κ2) is 5.45. The van der Waals surface area contributed by atoms with Crippen LogP contribution in [-0.2, 0) is 0 Å². The number of amides is 1. The molecule has 84 valence electrons. The minimum atomic E-state index is -0.311. The summed E-state index contributed by atoms with van der Waals surface area (Å²) >= 11 is 0. The monoisotopic (exact) mass is 212 g/mol. The van der Waals surface area contributed by atoms with E-state index in [1.165, 1.54) is 0 Å². The van der Waals surface area contributed by atoms with E-state index in [0.29, 0.717) is 12.4 Å². The van der Waals surface area contributed by atoms with Crippen molar-refractivity contribution in [3.8, 4) is 0 Å². The van der Waals surface area contributed by atoms with E-state index in [9.17, 15) is 4.79 Å². The van der Waals surface area contributed by atoms with Crippen molar-refractivity contribution in [1.82, 2.24) is 20.4 Å². The molecular weight excluding hydrogens is 196 g/mol. The Labute approximate surface area is 88.7 Å². The van der Waals surface area contributed by atoms with E-state index in [2.05, 4.69) is 20.4 Å². The van der Waals surface area contributed by atoms with Gasteiger partial charge in [-0.1, -0.05) is 0 Å². The molecule has 0 spiro atoms. The highest BCUT2D eigenvalue weighted by Gasteiger charge is 2.11. The Balaban J connectivity index is 2.25. The molecule has 0 radical (unpaired) electrons. The number of rotatable bonds is 5. The molecule has 0 aliphatic carbocycles. The molecule has 0 bridgehead atoms. The second-order valence-corrected chi connectivity index (χ2v) is 3.54. The average molecular weight is 212 g/mol. The van der Waals surface area contributed by atoms with Gasteiger partial charge >= 0.3 is 11.8 Å². The van der Waals surface area contributed by atoms with E-state index < -0.39 is 0 Å². The molecule has 6 heteroatoms. The van der Waals surface area contributed by atoms with Crippen LogP contribution in [0.1, 0.15) is 23.0 Å². The van der Waals surface area contributed by atoms with Crippen LogP contribution in [-0.4, -0.2) is 48.2 Å². The summed E-state index contributed by atoms with van der Waals surface area (Å²) < 4.78 is 4.98. The third kappa shape index (κ3) is 4.07. The SMILES string of the molecule is Cc1nnc(C(=O)NCCCN(C)C)o1. The van der Waals surface area contributed by atoms with Gasteiger partial charge in [-0.05, 0) is 27.1 Å². The molecule has 0 saturated heterocycles. The molecule has 1 aromatic heterocycles. The maximum atomic E-state index is 11.4. The van der Waals surface area contributed by atoms with Gasteiger partial charge in [-0.15, -0.1) is 10.2 Å². The van der Waals surface area contributed by atoms with Gasteiger partial charge in [-0.2, -0.15) is 0 Å². The van der Waals surface area contributed by atoms with Crippen molar-refractivity contribution in [2.75, 3.05) is 27.2 Å². The Kier molecular flexibility index (Phi) is 4.23. The Morgan fingerprint density at radius 3 is 2.73 bits per heavy atom. The first-order chi connectivity index (χ1) is 7.09. The van der Waals surface area contributed by atoms with Crippen molar-refractivity contribution in [3.05, 3.63) is 11.8 Å². The lowest BCUT2D eigenvalue weighted by Gasteiger charge is -2.08. The van der Waals surface area contributed by atoms with Gasteiger partial charge in [0.25, 0.3) is 0 Å². The minimum absolute atomic E-state index is 0.0253. The van der Waals surface area contributed by atoms with Crippen LogP contribution in [0.4, 0.5) is 0 Å². The number of hydrogen-bond donors (Lipinski definition) is 1. The van der Waals surface area contributed by atoms with E-state index >= 15 is 0 Å². The van der Waals surface area contributed by atoms with Gasteiger partial charge in [0.15, 0.2) is 0 Å². The number of hydrogen-bond acceptors (Lipinski definition) is 5. The fourth-order valence-corrected chi connectivity index (χ4v) is 1.06. The van der Waals surface area contributed by atoms with E-state index in [1.54, 1.807) is 6.92 Å². The van der Waals surface area contributed by atoms with Crippen LogP contribution in [0, 0.1) is 6.92 Å². The third-order valence-corrected chi connectivity index (χ3v) is 1.79. The predicted octanol–water partition coefficient (Wildman–Crippen LogP) is 0.0595. The molecule has 0 saturated carbocycles. The number of nitrogens with one attached hydrogen (secondary N) is 1. The fraction of sp³-hybridized carbons (Fsp3) is 0.667. The fourth-order valence-electron chi connectivity index (χ4n) is 1.06. The predicted molar refractivity (Wildman–Crippen MR) is 54.5 cm³/mol. The highest BCUT2D eigenvalue weighted by atomic mass is 16.4. The summed E-state index contributed by atoms with van der Waals surface area (Å²) in [6, 6.07) is 0.